The molecule has 11 heteroatoms. The predicted molar refractivity (Wildman–Crippen MR) is 135 cm³/mol. The van der Waals surface area contributed by atoms with Crippen LogP contribution in [0.3, 0.4) is 0 Å². The molecule has 0 radical (unpaired) electrons. The van der Waals surface area contributed by atoms with Crippen molar-refractivity contribution in [2.75, 3.05) is 29.6 Å². The van der Waals surface area contributed by atoms with E-state index in [0.29, 0.717) is 45.6 Å². The molecule has 2 aliphatic heterocycles. The molecule has 2 fully saturated rings. The van der Waals surface area contributed by atoms with Crippen LogP contribution in [-0.2, 0) is 21.1 Å². The summed E-state index contributed by atoms with van der Waals surface area (Å²) in [6.07, 6.45) is 0.0143. The molecule has 0 aliphatic carbocycles. The summed E-state index contributed by atoms with van der Waals surface area (Å²) in [4.78, 5) is 18.9. The van der Waals surface area contributed by atoms with Crippen LogP contribution in [0.15, 0.2) is 45.9 Å². The summed E-state index contributed by atoms with van der Waals surface area (Å²) < 4.78 is 50.1. The number of aliphatic imine (C=N–C) groups is 1. The highest BCUT2D eigenvalue weighted by Gasteiger charge is 2.50. The van der Waals surface area contributed by atoms with E-state index in [4.69, 9.17) is 9.47 Å². The van der Waals surface area contributed by atoms with Crippen molar-refractivity contribution in [1.82, 2.24) is 0 Å². The van der Waals surface area contributed by atoms with Crippen LogP contribution >= 0.6 is 27.7 Å². The summed E-state index contributed by atoms with van der Waals surface area (Å²) in [5.41, 5.74) is 1.30. The topological polar surface area (TPSA) is 85.3 Å². The quantitative estimate of drug-likeness (QED) is 0.492. The Balaban J connectivity index is 1.71. The fourth-order valence-corrected chi connectivity index (χ4v) is 8.45. The number of thioether (sulfide) groups is 1. The molecule has 0 saturated carbocycles. The van der Waals surface area contributed by atoms with Gasteiger partial charge in [-0.1, -0.05) is 23.9 Å². The number of hydrogen-bond donors (Lipinski definition) is 0. The molecular weight excluding hydrogens is 547 g/mol. The molecule has 182 valence electrons. The first kappa shape index (κ1) is 25.0. The van der Waals surface area contributed by atoms with Crippen LogP contribution in [0.25, 0.3) is 0 Å². The molecule has 2 aromatic carbocycles. The van der Waals surface area contributed by atoms with E-state index in [-0.39, 0.29) is 35.0 Å². The number of ether oxygens (including phenoxy) is 2. The van der Waals surface area contributed by atoms with Gasteiger partial charge in [0.25, 0.3) is 5.91 Å². The Kier molecular flexibility index (Phi) is 7.54. The van der Waals surface area contributed by atoms with Gasteiger partial charge in [0.15, 0.2) is 26.5 Å². The number of amides is 1. The number of rotatable bonds is 7. The molecule has 34 heavy (non-hydrogen) atoms. The van der Waals surface area contributed by atoms with E-state index in [1.165, 1.54) is 23.9 Å². The second kappa shape index (κ2) is 10.2. The summed E-state index contributed by atoms with van der Waals surface area (Å²) in [6, 6.07) is 8.89. The molecule has 4 rings (SSSR count). The van der Waals surface area contributed by atoms with Gasteiger partial charge in [-0.05, 0) is 47.5 Å². The number of hydrogen-bond acceptors (Lipinski definition) is 6. The van der Waals surface area contributed by atoms with E-state index in [1.807, 2.05) is 18.7 Å². The van der Waals surface area contributed by atoms with E-state index >= 15 is 0 Å². The Labute approximate surface area is 210 Å². The van der Waals surface area contributed by atoms with Crippen molar-refractivity contribution >= 4 is 54.3 Å². The summed E-state index contributed by atoms with van der Waals surface area (Å²) in [7, 11) is -3.21. The summed E-state index contributed by atoms with van der Waals surface area (Å²) in [5.74, 6) is 0.312. The summed E-state index contributed by atoms with van der Waals surface area (Å²) in [6.45, 7) is 4.62. The highest BCUT2D eigenvalue weighted by Crippen LogP contribution is 2.46. The molecule has 2 atom stereocenters. The van der Waals surface area contributed by atoms with Crippen LogP contribution in [0.1, 0.15) is 19.4 Å². The smallest absolute Gasteiger partial charge is 0.252 e. The molecule has 0 spiro atoms. The minimum atomic E-state index is -3.21. The number of sulfone groups is 1. The van der Waals surface area contributed by atoms with Gasteiger partial charge in [-0.3, -0.25) is 4.79 Å². The van der Waals surface area contributed by atoms with Crippen molar-refractivity contribution in [2.24, 2.45) is 4.99 Å². The lowest BCUT2D eigenvalue weighted by atomic mass is 10.1. The maximum atomic E-state index is 13.2. The van der Waals surface area contributed by atoms with Crippen molar-refractivity contribution < 1.29 is 27.1 Å². The average molecular weight is 571 g/mol. The Morgan fingerprint density at radius 1 is 1.15 bits per heavy atom. The first-order valence-electron chi connectivity index (χ1n) is 10.8. The van der Waals surface area contributed by atoms with E-state index in [0.717, 1.165) is 0 Å². The molecule has 0 N–H and O–H groups in total. The number of anilines is 1. The molecule has 2 aliphatic rings. The van der Waals surface area contributed by atoms with E-state index < -0.39 is 15.7 Å². The summed E-state index contributed by atoms with van der Waals surface area (Å²) in [5, 5.41) is 0.195. The fraction of sp³-hybridized carbons (Fsp3) is 0.391. The first-order valence-corrected chi connectivity index (χ1v) is 14.3. The Morgan fingerprint density at radius 2 is 1.79 bits per heavy atom. The van der Waals surface area contributed by atoms with Crippen LogP contribution in [0.2, 0.25) is 0 Å². The Hall–Kier alpha value is -2.11. The van der Waals surface area contributed by atoms with Crippen molar-refractivity contribution in [3.63, 3.8) is 0 Å². The third kappa shape index (κ3) is 5.41. The number of carbonyl (C=O) groups is 1. The van der Waals surface area contributed by atoms with Crippen LogP contribution in [0.5, 0.6) is 11.5 Å². The number of nitrogens with zero attached hydrogens (tertiary/aromatic N) is 2. The third-order valence-corrected chi connectivity index (χ3v) is 9.27. The largest absolute Gasteiger partial charge is 0.490 e. The zero-order valence-electron chi connectivity index (χ0n) is 18.7. The van der Waals surface area contributed by atoms with Crippen LogP contribution in [0, 0.1) is 5.82 Å². The predicted octanol–water partition coefficient (Wildman–Crippen LogP) is 4.23. The minimum absolute atomic E-state index is 0.0143. The monoisotopic (exact) mass is 570 g/mol. The van der Waals surface area contributed by atoms with Gasteiger partial charge in [-0.2, -0.15) is 4.99 Å². The van der Waals surface area contributed by atoms with Gasteiger partial charge in [-0.25, -0.2) is 12.8 Å². The zero-order chi connectivity index (χ0) is 24.5. The van der Waals surface area contributed by atoms with Gasteiger partial charge >= 0.3 is 0 Å². The maximum Gasteiger partial charge on any atom is 0.252 e. The average Bonchev–Trinajstić information content (AvgIpc) is 3.22. The number of fused-ring (bicyclic) bond motifs is 1. The number of halogens is 2. The number of carbonyl (C=O) groups excluding carboxylic acids is 1. The van der Waals surface area contributed by atoms with Crippen molar-refractivity contribution in [3.8, 4) is 11.5 Å². The molecule has 0 bridgehead atoms. The van der Waals surface area contributed by atoms with Crippen molar-refractivity contribution in [1.29, 1.82) is 0 Å². The molecule has 2 heterocycles. The molecule has 1 amide bonds. The van der Waals surface area contributed by atoms with E-state index in [1.54, 1.807) is 24.3 Å². The van der Waals surface area contributed by atoms with Crippen LogP contribution < -0.4 is 14.4 Å². The van der Waals surface area contributed by atoms with Crippen molar-refractivity contribution in [2.45, 2.75) is 31.6 Å². The van der Waals surface area contributed by atoms with Gasteiger partial charge in [0, 0.05) is 21.9 Å². The highest BCUT2D eigenvalue weighted by molar-refractivity contribution is 9.10. The van der Waals surface area contributed by atoms with E-state index in [2.05, 4.69) is 20.9 Å². The lowest BCUT2D eigenvalue weighted by Gasteiger charge is -2.27. The lowest BCUT2D eigenvalue weighted by molar-refractivity contribution is -0.117. The van der Waals surface area contributed by atoms with Crippen LogP contribution in [0.4, 0.5) is 10.1 Å². The lowest BCUT2D eigenvalue weighted by Crippen LogP contribution is -2.38. The zero-order valence-corrected chi connectivity index (χ0v) is 21.9. The fourth-order valence-electron chi connectivity index (χ4n) is 4.01. The standard InChI is InChI=1S/C23H24BrFN2O5S2/c1-3-31-19-10-16(24)17(11-20(19)32-4-2)27-18-12-34(29,30)13-21(18)33-23(27)26-22(28)9-14-5-7-15(25)8-6-14/h5-8,10-11,18,21H,3-4,9,12-13H2,1-2H3/t18-,21-/m0/s1. The van der Waals surface area contributed by atoms with Crippen molar-refractivity contribution in [3.05, 3.63) is 52.3 Å². The molecule has 7 nitrogen and oxygen atoms in total. The van der Waals surface area contributed by atoms with Gasteiger partial charge in [0.1, 0.15) is 5.82 Å². The first-order chi connectivity index (χ1) is 16.2. The molecular formula is C23H24BrFN2O5S2. The van der Waals surface area contributed by atoms with E-state index in [9.17, 15) is 17.6 Å². The third-order valence-electron chi connectivity index (χ3n) is 5.43. The highest BCUT2D eigenvalue weighted by atomic mass is 79.9. The second-order valence-corrected chi connectivity index (χ2v) is 12.1. The molecule has 2 aromatic rings. The second-order valence-electron chi connectivity index (χ2n) is 7.88. The minimum Gasteiger partial charge on any atom is -0.490 e. The SMILES string of the molecule is CCOc1cc(Br)c(N2C(=NC(=O)Cc3ccc(F)cc3)S[C@H]3CS(=O)(=O)C[C@@H]32)cc1OCC. The normalized spacial score (nSPS) is 22.1. The maximum absolute atomic E-state index is 13.2. The van der Waals surface area contributed by atoms with Gasteiger partial charge < -0.3 is 14.4 Å². The number of amidine groups is 1. The summed E-state index contributed by atoms with van der Waals surface area (Å²) >= 11 is 4.87. The molecule has 2 saturated heterocycles. The molecule has 0 aromatic heterocycles. The van der Waals surface area contributed by atoms with Gasteiger partial charge in [-0.15, -0.1) is 0 Å². The van der Waals surface area contributed by atoms with Gasteiger partial charge in [0.05, 0.1) is 42.9 Å². The number of benzene rings is 2. The molecule has 0 unspecified atom stereocenters. The van der Waals surface area contributed by atoms with Crippen LogP contribution in [-0.4, -0.2) is 55.5 Å². The van der Waals surface area contributed by atoms with Gasteiger partial charge in [0.2, 0.25) is 0 Å². The Morgan fingerprint density at radius 3 is 2.44 bits per heavy atom. The Bertz CT molecular complexity index is 1220.